The van der Waals surface area contributed by atoms with E-state index in [1.54, 1.807) is 30.3 Å². The number of halogens is 3. The molecule has 8 heteroatoms. The second kappa shape index (κ2) is 8.24. The highest BCUT2D eigenvalue weighted by Gasteiger charge is 2.43. The normalized spacial score (nSPS) is 22.6. The third-order valence-electron chi connectivity index (χ3n) is 5.68. The number of hydrogen-bond donors (Lipinski definition) is 2. The van der Waals surface area contributed by atoms with Gasteiger partial charge in [-0.3, -0.25) is 4.79 Å². The van der Waals surface area contributed by atoms with Crippen LogP contribution in [0.5, 0.6) is 0 Å². The lowest BCUT2D eigenvalue weighted by molar-refractivity contribution is -0.0445. The van der Waals surface area contributed by atoms with Gasteiger partial charge in [-0.15, -0.1) is 0 Å². The molecule has 1 fully saturated rings. The molecule has 1 saturated carbocycles. The molecule has 1 atom stereocenters. The van der Waals surface area contributed by atoms with Gasteiger partial charge in [-0.2, -0.15) is 10.2 Å². The van der Waals surface area contributed by atoms with Crippen LogP contribution in [0, 0.1) is 5.82 Å². The summed E-state index contributed by atoms with van der Waals surface area (Å²) in [5, 5.41) is 22.4. The number of rotatable bonds is 4. The third-order valence-corrected chi connectivity index (χ3v) is 6.08. The maximum absolute atomic E-state index is 14.2. The van der Waals surface area contributed by atoms with Crippen molar-refractivity contribution >= 4 is 28.4 Å². The van der Waals surface area contributed by atoms with E-state index in [4.69, 9.17) is 11.6 Å². The van der Waals surface area contributed by atoms with Crippen LogP contribution in [-0.2, 0) is 0 Å². The molecule has 156 valence electrons. The largest absolute Gasteiger partial charge is 0.387 e. The third kappa shape index (κ3) is 3.87. The summed E-state index contributed by atoms with van der Waals surface area (Å²) in [6.45, 7) is 0. The molecule has 2 aromatic carbocycles. The van der Waals surface area contributed by atoms with Crippen LogP contribution < -0.4 is 5.32 Å². The van der Waals surface area contributed by atoms with Crippen molar-refractivity contribution < 1.29 is 18.7 Å². The van der Waals surface area contributed by atoms with Gasteiger partial charge in [-0.05, 0) is 43.4 Å². The molecule has 0 radical (unpaired) electrons. The average molecular weight is 432 g/mol. The van der Waals surface area contributed by atoms with Crippen LogP contribution in [0.1, 0.15) is 47.6 Å². The molecule has 1 aliphatic rings. The van der Waals surface area contributed by atoms with Crippen molar-refractivity contribution in [1.82, 2.24) is 15.5 Å². The molecule has 2 N–H and O–H groups in total. The van der Waals surface area contributed by atoms with Gasteiger partial charge >= 0.3 is 0 Å². The van der Waals surface area contributed by atoms with Crippen LogP contribution in [0.3, 0.4) is 0 Å². The molecule has 3 aromatic rings. The Hall–Kier alpha value is -2.64. The van der Waals surface area contributed by atoms with Crippen LogP contribution in [-0.4, -0.2) is 33.0 Å². The Morgan fingerprint density at radius 3 is 2.70 bits per heavy atom. The number of carbonyl (C=O) groups is 1. The Morgan fingerprint density at radius 2 is 1.93 bits per heavy atom. The monoisotopic (exact) mass is 431 g/mol. The van der Waals surface area contributed by atoms with E-state index in [1.165, 1.54) is 18.3 Å². The van der Waals surface area contributed by atoms with Gasteiger partial charge in [-0.1, -0.05) is 41.9 Å². The Labute approximate surface area is 177 Å². The fourth-order valence-electron chi connectivity index (χ4n) is 4.01. The van der Waals surface area contributed by atoms with E-state index < -0.39 is 29.5 Å². The van der Waals surface area contributed by atoms with Gasteiger partial charge in [0.05, 0.1) is 33.9 Å². The molecule has 1 aliphatic carbocycles. The zero-order valence-electron chi connectivity index (χ0n) is 16.0. The number of amides is 1. The summed E-state index contributed by atoms with van der Waals surface area (Å²) in [5.41, 5.74) is -0.412. The van der Waals surface area contributed by atoms with Gasteiger partial charge in [0.1, 0.15) is 12.0 Å². The Kier molecular flexibility index (Phi) is 5.66. The van der Waals surface area contributed by atoms with Crippen LogP contribution in [0.15, 0.2) is 48.7 Å². The van der Waals surface area contributed by atoms with Crippen LogP contribution in [0.2, 0.25) is 5.02 Å². The molecule has 1 unspecified atom stereocenters. The van der Waals surface area contributed by atoms with E-state index in [-0.39, 0.29) is 41.8 Å². The molecule has 30 heavy (non-hydrogen) atoms. The first-order valence-electron chi connectivity index (χ1n) is 9.71. The fraction of sp³-hybridized carbons (Fsp3) is 0.318. The van der Waals surface area contributed by atoms with Crippen molar-refractivity contribution in [2.24, 2.45) is 0 Å². The number of nitrogens with one attached hydrogen (secondary N) is 1. The van der Waals surface area contributed by atoms with Gasteiger partial charge in [0.15, 0.2) is 0 Å². The van der Waals surface area contributed by atoms with Crippen molar-refractivity contribution in [3.63, 3.8) is 0 Å². The minimum Gasteiger partial charge on any atom is -0.387 e. The minimum atomic E-state index is -1.47. The lowest BCUT2D eigenvalue weighted by atomic mass is 9.76. The Morgan fingerprint density at radius 1 is 1.20 bits per heavy atom. The lowest BCUT2D eigenvalue weighted by Crippen LogP contribution is -2.48. The molecular weight excluding hydrogens is 412 g/mol. The highest BCUT2D eigenvalue weighted by molar-refractivity contribution is 6.31. The molecule has 0 saturated heterocycles. The van der Waals surface area contributed by atoms with E-state index in [9.17, 15) is 18.7 Å². The number of aromatic nitrogens is 2. The number of aliphatic hydroxyl groups is 1. The molecule has 0 spiro atoms. The van der Waals surface area contributed by atoms with E-state index in [0.717, 1.165) is 0 Å². The van der Waals surface area contributed by atoms with Crippen LogP contribution in [0.4, 0.5) is 8.78 Å². The topological polar surface area (TPSA) is 75.1 Å². The summed E-state index contributed by atoms with van der Waals surface area (Å²) < 4.78 is 27.9. The summed E-state index contributed by atoms with van der Waals surface area (Å²) in [6.07, 6.45) is 0.843. The first-order chi connectivity index (χ1) is 14.4. The maximum Gasteiger partial charge on any atom is 0.254 e. The van der Waals surface area contributed by atoms with Crippen molar-refractivity contribution in [3.8, 4) is 0 Å². The molecule has 5 nitrogen and oxygen atoms in total. The summed E-state index contributed by atoms with van der Waals surface area (Å²) in [4.78, 5) is 13.2. The second-order valence-corrected chi connectivity index (χ2v) is 7.98. The van der Waals surface area contributed by atoms with Crippen molar-refractivity contribution in [1.29, 1.82) is 0 Å². The Balaban J connectivity index is 1.74. The molecule has 1 amide bonds. The quantitative estimate of drug-likeness (QED) is 0.636. The van der Waals surface area contributed by atoms with E-state index in [0.29, 0.717) is 10.9 Å². The standard InChI is InChI=1S/C22H20ClF2N3O2/c23-19-15(5-3-6-17(19)25)20(22(30)10-8-13(24)9-11-22)27-21(29)16-12-26-28-18-7-2-1-4-14(16)18/h1-7,12-13,20,30H,8-11H2,(H,27,29). The van der Waals surface area contributed by atoms with Gasteiger partial charge in [0.2, 0.25) is 0 Å². The Bertz CT molecular complexity index is 1080. The first-order valence-corrected chi connectivity index (χ1v) is 10.1. The van der Waals surface area contributed by atoms with Crippen LogP contribution in [0.25, 0.3) is 10.9 Å². The SMILES string of the molecule is O=C(NC(c1cccc(F)c1Cl)C1(O)CCC(F)CC1)c1cnnc2ccccc12. The molecule has 4 rings (SSSR count). The van der Waals surface area contributed by atoms with Crippen molar-refractivity contribution in [2.75, 3.05) is 0 Å². The fourth-order valence-corrected chi connectivity index (χ4v) is 4.25. The number of fused-ring (bicyclic) bond motifs is 1. The number of nitrogens with zero attached hydrogens (tertiary/aromatic N) is 2. The van der Waals surface area contributed by atoms with E-state index in [1.807, 2.05) is 0 Å². The maximum atomic E-state index is 14.2. The van der Waals surface area contributed by atoms with Crippen molar-refractivity contribution in [2.45, 2.75) is 43.5 Å². The summed E-state index contributed by atoms with van der Waals surface area (Å²) in [6, 6.07) is 10.2. The number of carbonyl (C=O) groups excluding carboxylic acids is 1. The summed E-state index contributed by atoms with van der Waals surface area (Å²) >= 11 is 6.19. The molecule has 0 bridgehead atoms. The highest BCUT2D eigenvalue weighted by atomic mass is 35.5. The van der Waals surface area contributed by atoms with Crippen LogP contribution >= 0.6 is 11.6 Å². The zero-order valence-corrected chi connectivity index (χ0v) is 16.7. The van der Waals surface area contributed by atoms with Gasteiger partial charge in [0.25, 0.3) is 5.91 Å². The number of hydrogen-bond acceptors (Lipinski definition) is 4. The average Bonchev–Trinajstić information content (AvgIpc) is 2.76. The number of benzene rings is 2. The zero-order chi connectivity index (χ0) is 21.3. The van der Waals surface area contributed by atoms with E-state index in [2.05, 4.69) is 15.5 Å². The minimum absolute atomic E-state index is 0.112. The predicted octanol–water partition coefficient (Wildman–Crippen LogP) is 4.54. The van der Waals surface area contributed by atoms with Gasteiger partial charge < -0.3 is 10.4 Å². The first kappa shape index (κ1) is 20.6. The lowest BCUT2D eigenvalue weighted by Gasteiger charge is -2.41. The molecule has 0 aliphatic heterocycles. The highest BCUT2D eigenvalue weighted by Crippen LogP contribution is 2.42. The smallest absolute Gasteiger partial charge is 0.254 e. The second-order valence-electron chi connectivity index (χ2n) is 7.60. The summed E-state index contributed by atoms with van der Waals surface area (Å²) in [5.74, 6) is -1.17. The molecule has 1 aromatic heterocycles. The summed E-state index contributed by atoms with van der Waals surface area (Å²) in [7, 11) is 0. The molecule has 1 heterocycles. The molecular formula is C22H20ClF2N3O2. The van der Waals surface area contributed by atoms with Crippen molar-refractivity contribution in [3.05, 3.63) is 70.6 Å². The predicted molar refractivity (Wildman–Crippen MR) is 109 cm³/mol. The van der Waals surface area contributed by atoms with E-state index >= 15 is 0 Å². The number of alkyl halides is 1. The van der Waals surface area contributed by atoms with Gasteiger partial charge in [-0.25, -0.2) is 8.78 Å². The van der Waals surface area contributed by atoms with Gasteiger partial charge in [0, 0.05) is 5.39 Å².